The number of nitrogens with two attached hydrogens (primary N) is 1. The molecule has 5 nitrogen and oxygen atoms in total. The molecule has 0 spiro atoms. The van der Waals surface area contributed by atoms with Crippen LogP contribution in [-0.2, 0) is 0 Å². The minimum atomic E-state index is -1.39. The molecule has 0 atom stereocenters. The fourth-order valence-electron chi connectivity index (χ4n) is 1.55. The first kappa shape index (κ1) is 12.3. The second kappa shape index (κ2) is 4.97. The third-order valence-electron chi connectivity index (χ3n) is 2.31. The average molecular weight is 262 g/mol. The summed E-state index contributed by atoms with van der Waals surface area (Å²) in [5.41, 5.74) is 5.01. The van der Waals surface area contributed by atoms with E-state index in [-0.39, 0.29) is 0 Å². The topological polar surface area (TPSA) is 83.6 Å². The van der Waals surface area contributed by atoms with Crippen LogP contribution in [0.1, 0.15) is 0 Å². The van der Waals surface area contributed by atoms with Crippen molar-refractivity contribution in [3.63, 3.8) is 0 Å². The number of amides is 3. The molecule has 0 bridgehead atoms. The van der Waals surface area contributed by atoms with Gasteiger partial charge in [0, 0.05) is 16.8 Å². The molecule has 0 unspecified atom stereocenters. The lowest BCUT2D eigenvalue weighted by Gasteiger charge is -2.14. The van der Waals surface area contributed by atoms with Crippen LogP contribution in [0.25, 0.3) is 10.8 Å². The molecule has 2 aromatic carbocycles. The van der Waals surface area contributed by atoms with E-state index in [1.165, 1.54) is 0 Å². The number of imide groups is 1. The van der Waals surface area contributed by atoms with Gasteiger partial charge in [0.1, 0.15) is 0 Å². The fourth-order valence-corrected chi connectivity index (χ4v) is 2.34. The number of urea groups is 1. The SMILES string of the molecule is NC(=O)N(Sc1cccc2ccccc12)C(=O)O. The largest absolute Gasteiger partial charge is 0.464 e. The van der Waals surface area contributed by atoms with Gasteiger partial charge in [-0.15, -0.1) is 0 Å². The molecular formula is C12H10N2O3S. The molecule has 0 saturated carbocycles. The van der Waals surface area contributed by atoms with Crippen molar-refractivity contribution in [1.29, 1.82) is 0 Å². The highest BCUT2D eigenvalue weighted by Gasteiger charge is 2.20. The number of rotatable bonds is 2. The predicted molar refractivity (Wildman–Crippen MR) is 69.3 cm³/mol. The monoisotopic (exact) mass is 262 g/mol. The summed E-state index contributed by atoms with van der Waals surface area (Å²) >= 11 is 0.794. The Balaban J connectivity index is 2.42. The standard InChI is InChI=1S/C12H10N2O3S/c13-11(15)14(12(16)17)18-10-7-3-5-8-4-1-2-6-9(8)10/h1-7H,(H2,13,15)(H,16,17). The van der Waals surface area contributed by atoms with E-state index < -0.39 is 12.1 Å². The van der Waals surface area contributed by atoms with Crippen LogP contribution in [-0.4, -0.2) is 21.5 Å². The molecule has 0 aromatic heterocycles. The van der Waals surface area contributed by atoms with Gasteiger partial charge in [-0.3, -0.25) is 0 Å². The van der Waals surface area contributed by atoms with Crippen molar-refractivity contribution in [1.82, 2.24) is 4.31 Å². The molecular weight excluding hydrogens is 252 g/mol. The highest BCUT2D eigenvalue weighted by molar-refractivity contribution is 7.98. The number of nitrogens with zero attached hydrogens (tertiary/aromatic N) is 1. The molecule has 92 valence electrons. The van der Waals surface area contributed by atoms with Gasteiger partial charge in [0.05, 0.1) is 0 Å². The van der Waals surface area contributed by atoms with Crippen molar-refractivity contribution < 1.29 is 14.7 Å². The molecule has 0 fully saturated rings. The Kier molecular flexibility index (Phi) is 3.38. The van der Waals surface area contributed by atoms with Gasteiger partial charge < -0.3 is 10.8 Å². The Morgan fingerprint density at radius 1 is 1.11 bits per heavy atom. The van der Waals surface area contributed by atoms with Crippen LogP contribution in [0, 0.1) is 0 Å². The Morgan fingerprint density at radius 2 is 1.78 bits per heavy atom. The summed E-state index contributed by atoms with van der Waals surface area (Å²) in [7, 11) is 0. The first-order chi connectivity index (χ1) is 8.59. The van der Waals surface area contributed by atoms with E-state index in [0.29, 0.717) is 9.20 Å². The molecule has 6 heteroatoms. The van der Waals surface area contributed by atoms with Crippen LogP contribution >= 0.6 is 11.9 Å². The second-order valence-electron chi connectivity index (χ2n) is 3.48. The summed E-state index contributed by atoms with van der Waals surface area (Å²) in [5, 5.41) is 10.7. The fraction of sp³-hybridized carbons (Fsp3) is 0. The lowest BCUT2D eigenvalue weighted by atomic mass is 10.1. The zero-order chi connectivity index (χ0) is 13.1. The average Bonchev–Trinajstić information content (AvgIpc) is 2.35. The summed E-state index contributed by atoms with van der Waals surface area (Å²) in [6, 6.07) is 11.9. The van der Waals surface area contributed by atoms with Gasteiger partial charge in [-0.05, 0) is 16.8 Å². The van der Waals surface area contributed by atoms with Crippen LogP contribution in [0.5, 0.6) is 0 Å². The molecule has 0 aliphatic carbocycles. The van der Waals surface area contributed by atoms with E-state index in [2.05, 4.69) is 0 Å². The van der Waals surface area contributed by atoms with Crippen LogP contribution < -0.4 is 5.73 Å². The van der Waals surface area contributed by atoms with E-state index in [0.717, 1.165) is 22.7 Å². The zero-order valence-electron chi connectivity index (χ0n) is 9.24. The lowest BCUT2D eigenvalue weighted by Crippen LogP contribution is -2.34. The summed E-state index contributed by atoms with van der Waals surface area (Å²) in [5.74, 6) is 0. The van der Waals surface area contributed by atoms with Crippen LogP contribution in [0.2, 0.25) is 0 Å². The summed E-state index contributed by atoms with van der Waals surface area (Å²) in [4.78, 5) is 22.6. The van der Waals surface area contributed by atoms with Crippen LogP contribution in [0.3, 0.4) is 0 Å². The third-order valence-corrected chi connectivity index (χ3v) is 3.38. The molecule has 18 heavy (non-hydrogen) atoms. The zero-order valence-corrected chi connectivity index (χ0v) is 10.1. The van der Waals surface area contributed by atoms with Crippen molar-refractivity contribution in [2.45, 2.75) is 4.90 Å². The molecule has 0 saturated heterocycles. The highest BCUT2D eigenvalue weighted by atomic mass is 32.2. The Labute approximate surface area is 107 Å². The van der Waals surface area contributed by atoms with E-state index in [1.54, 1.807) is 12.1 Å². The minimum absolute atomic E-state index is 0.502. The number of hydrogen-bond acceptors (Lipinski definition) is 3. The van der Waals surface area contributed by atoms with E-state index in [1.807, 2.05) is 30.3 Å². The van der Waals surface area contributed by atoms with Crippen LogP contribution in [0.4, 0.5) is 9.59 Å². The normalized spacial score (nSPS) is 10.2. The van der Waals surface area contributed by atoms with Gasteiger partial charge in [0.25, 0.3) is 0 Å². The van der Waals surface area contributed by atoms with Gasteiger partial charge in [-0.2, -0.15) is 4.31 Å². The minimum Gasteiger partial charge on any atom is -0.464 e. The van der Waals surface area contributed by atoms with Gasteiger partial charge in [-0.25, -0.2) is 9.59 Å². The maximum atomic E-state index is 11.0. The van der Waals surface area contributed by atoms with Crippen molar-refractivity contribution in [3.8, 4) is 0 Å². The quantitative estimate of drug-likeness (QED) is 0.815. The van der Waals surface area contributed by atoms with Gasteiger partial charge in [0.2, 0.25) is 0 Å². The number of hydrogen-bond donors (Lipinski definition) is 2. The first-order valence-electron chi connectivity index (χ1n) is 5.08. The molecule has 3 N–H and O–H groups in total. The van der Waals surface area contributed by atoms with Crippen molar-refractivity contribution in [2.24, 2.45) is 5.73 Å². The third kappa shape index (κ3) is 2.38. The highest BCUT2D eigenvalue weighted by Crippen LogP contribution is 2.30. The molecule has 2 rings (SSSR count). The smallest absolute Gasteiger partial charge is 0.426 e. The number of carbonyl (C=O) groups excluding carboxylic acids is 1. The Bertz CT molecular complexity index is 596. The molecule has 3 amide bonds. The maximum Gasteiger partial charge on any atom is 0.426 e. The van der Waals surface area contributed by atoms with Crippen molar-refractivity contribution in [3.05, 3.63) is 42.5 Å². The summed E-state index contributed by atoms with van der Waals surface area (Å²) in [6.45, 7) is 0. The first-order valence-corrected chi connectivity index (χ1v) is 5.85. The Morgan fingerprint density at radius 3 is 2.44 bits per heavy atom. The predicted octanol–water partition coefficient (Wildman–Crippen LogP) is 2.91. The van der Waals surface area contributed by atoms with E-state index >= 15 is 0 Å². The number of fused-ring (bicyclic) bond motifs is 1. The molecule has 2 aromatic rings. The number of benzene rings is 2. The molecule has 0 radical (unpaired) electrons. The number of primary amides is 1. The van der Waals surface area contributed by atoms with Gasteiger partial charge >= 0.3 is 12.1 Å². The summed E-state index contributed by atoms with van der Waals surface area (Å²) in [6.07, 6.45) is -1.39. The molecule has 0 heterocycles. The van der Waals surface area contributed by atoms with Crippen molar-refractivity contribution >= 4 is 34.8 Å². The van der Waals surface area contributed by atoms with E-state index in [9.17, 15) is 9.59 Å². The van der Waals surface area contributed by atoms with Crippen LogP contribution in [0.15, 0.2) is 47.4 Å². The number of carboxylic acid groups (broad SMARTS) is 1. The molecule has 0 aliphatic heterocycles. The van der Waals surface area contributed by atoms with Crippen molar-refractivity contribution in [2.75, 3.05) is 0 Å². The number of carbonyl (C=O) groups is 2. The van der Waals surface area contributed by atoms with Gasteiger partial charge in [0.15, 0.2) is 0 Å². The second-order valence-corrected chi connectivity index (χ2v) is 4.47. The van der Waals surface area contributed by atoms with Gasteiger partial charge in [-0.1, -0.05) is 36.4 Å². The maximum absolute atomic E-state index is 11.0. The molecule has 0 aliphatic rings. The van der Waals surface area contributed by atoms with E-state index in [4.69, 9.17) is 10.8 Å². The Hall–Kier alpha value is -2.21. The lowest BCUT2D eigenvalue weighted by molar-refractivity contribution is 0.176. The summed E-state index contributed by atoms with van der Waals surface area (Å²) < 4.78 is 0.502.